The number of nitrogens with zero attached hydrogens (tertiary/aromatic N) is 1. The van der Waals surface area contributed by atoms with Gasteiger partial charge in [-0.3, -0.25) is 4.90 Å². The van der Waals surface area contributed by atoms with Gasteiger partial charge in [-0.2, -0.15) is 0 Å². The molecule has 0 aliphatic carbocycles. The first-order chi connectivity index (χ1) is 7.79. The number of hydrogen-bond acceptors (Lipinski definition) is 2. The van der Waals surface area contributed by atoms with Crippen LogP contribution in [0.2, 0.25) is 0 Å². The van der Waals surface area contributed by atoms with Crippen molar-refractivity contribution >= 4 is 0 Å². The summed E-state index contributed by atoms with van der Waals surface area (Å²) in [4.78, 5) is 2.56. The minimum absolute atomic E-state index is 0.640. The van der Waals surface area contributed by atoms with Crippen LogP contribution in [-0.2, 0) is 6.54 Å². The molecule has 1 aliphatic rings. The van der Waals surface area contributed by atoms with Crippen molar-refractivity contribution in [3.8, 4) is 0 Å². The summed E-state index contributed by atoms with van der Waals surface area (Å²) >= 11 is 0. The highest BCUT2D eigenvalue weighted by molar-refractivity contribution is 5.14. The van der Waals surface area contributed by atoms with Crippen LogP contribution < -0.4 is 5.32 Å². The molecule has 0 unspecified atom stereocenters. The molecule has 1 aromatic rings. The third-order valence-electron chi connectivity index (χ3n) is 3.72. The van der Waals surface area contributed by atoms with E-state index in [0.717, 1.165) is 12.5 Å². The number of nitrogens with one attached hydrogen (secondary N) is 1. The van der Waals surface area contributed by atoms with Gasteiger partial charge >= 0.3 is 0 Å². The van der Waals surface area contributed by atoms with Crippen LogP contribution in [0.1, 0.15) is 18.9 Å². The molecular formula is C14H22N2. The summed E-state index contributed by atoms with van der Waals surface area (Å²) in [5.41, 5.74) is 1.43. The van der Waals surface area contributed by atoms with E-state index in [1.165, 1.54) is 25.1 Å². The van der Waals surface area contributed by atoms with Crippen LogP contribution in [0.15, 0.2) is 30.3 Å². The topological polar surface area (TPSA) is 15.3 Å². The Morgan fingerprint density at radius 3 is 2.81 bits per heavy atom. The molecule has 1 aliphatic heterocycles. The quantitative estimate of drug-likeness (QED) is 0.832. The molecule has 1 saturated heterocycles. The van der Waals surface area contributed by atoms with Gasteiger partial charge in [-0.05, 0) is 38.4 Å². The predicted molar refractivity (Wildman–Crippen MR) is 68.3 cm³/mol. The van der Waals surface area contributed by atoms with Crippen molar-refractivity contribution in [2.45, 2.75) is 25.9 Å². The SMILES string of the molecule is CN[C@@H](C)[C@@H]1CCN(Cc2ccccc2)C1. The molecule has 1 fully saturated rings. The molecule has 0 spiro atoms. The van der Waals surface area contributed by atoms with Crippen molar-refractivity contribution in [2.75, 3.05) is 20.1 Å². The van der Waals surface area contributed by atoms with Crippen molar-refractivity contribution in [1.82, 2.24) is 10.2 Å². The molecule has 1 aromatic carbocycles. The Balaban J connectivity index is 1.85. The Bertz CT molecular complexity index is 310. The summed E-state index contributed by atoms with van der Waals surface area (Å²) in [5, 5.41) is 3.36. The lowest BCUT2D eigenvalue weighted by Crippen LogP contribution is -2.32. The van der Waals surface area contributed by atoms with Gasteiger partial charge in [0.05, 0.1) is 0 Å². The van der Waals surface area contributed by atoms with Crippen molar-refractivity contribution in [3.05, 3.63) is 35.9 Å². The fourth-order valence-electron chi connectivity index (χ4n) is 2.49. The smallest absolute Gasteiger partial charge is 0.0233 e. The van der Waals surface area contributed by atoms with E-state index in [1.54, 1.807) is 0 Å². The van der Waals surface area contributed by atoms with E-state index < -0.39 is 0 Å². The van der Waals surface area contributed by atoms with Gasteiger partial charge in [0.25, 0.3) is 0 Å². The first-order valence-electron chi connectivity index (χ1n) is 6.23. The predicted octanol–water partition coefficient (Wildman–Crippen LogP) is 2.12. The molecule has 0 aromatic heterocycles. The molecule has 1 heterocycles. The van der Waals surface area contributed by atoms with Crippen LogP contribution in [-0.4, -0.2) is 31.1 Å². The molecule has 2 heteroatoms. The van der Waals surface area contributed by atoms with Gasteiger partial charge < -0.3 is 5.32 Å². The second-order valence-corrected chi connectivity index (χ2v) is 4.85. The number of benzene rings is 1. The third-order valence-corrected chi connectivity index (χ3v) is 3.72. The van der Waals surface area contributed by atoms with E-state index in [2.05, 4.69) is 54.5 Å². The lowest BCUT2D eigenvalue weighted by Gasteiger charge is -2.20. The van der Waals surface area contributed by atoms with Crippen molar-refractivity contribution in [2.24, 2.45) is 5.92 Å². The lowest BCUT2D eigenvalue weighted by atomic mass is 10.0. The van der Waals surface area contributed by atoms with E-state index in [1.807, 2.05) is 0 Å². The summed E-state index contributed by atoms with van der Waals surface area (Å²) in [6.07, 6.45) is 1.33. The average molecular weight is 218 g/mol. The van der Waals surface area contributed by atoms with Crippen LogP contribution >= 0.6 is 0 Å². The van der Waals surface area contributed by atoms with Crippen LogP contribution in [0.25, 0.3) is 0 Å². The van der Waals surface area contributed by atoms with E-state index in [9.17, 15) is 0 Å². The lowest BCUT2D eigenvalue weighted by molar-refractivity contribution is 0.301. The summed E-state index contributed by atoms with van der Waals surface area (Å²) in [5.74, 6) is 0.814. The summed E-state index contributed by atoms with van der Waals surface area (Å²) < 4.78 is 0. The van der Waals surface area contributed by atoms with Crippen LogP contribution in [0.4, 0.5) is 0 Å². The number of likely N-dealkylation sites (tertiary alicyclic amines) is 1. The van der Waals surface area contributed by atoms with Gasteiger partial charge in [-0.15, -0.1) is 0 Å². The minimum Gasteiger partial charge on any atom is -0.317 e. The zero-order valence-corrected chi connectivity index (χ0v) is 10.3. The monoisotopic (exact) mass is 218 g/mol. The highest BCUT2D eigenvalue weighted by atomic mass is 15.1. The van der Waals surface area contributed by atoms with E-state index >= 15 is 0 Å². The van der Waals surface area contributed by atoms with E-state index in [0.29, 0.717) is 6.04 Å². The molecule has 1 N–H and O–H groups in total. The number of hydrogen-bond donors (Lipinski definition) is 1. The van der Waals surface area contributed by atoms with Gasteiger partial charge in [0, 0.05) is 19.1 Å². The molecular weight excluding hydrogens is 196 g/mol. The summed E-state index contributed by atoms with van der Waals surface area (Å²) in [6.45, 7) is 5.87. The van der Waals surface area contributed by atoms with Gasteiger partial charge in [0.1, 0.15) is 0 Å². The van der Waals surface area contributed by atoms with Crippen LogP contribution in [0.3, 0.4) is 0 Å². The average Bonchev–Trinajstić information content (AvgIpc) is 2.78. The van der Waals surface area contributed by atoms with Crippen molar-refractivity contribution in [3.63, 3.8) is 0 Å². The maximum atomic E-state index is 3.36. The maximum absolute atomic E-state index is 3.36. The fraction of sp³-hybridized carbons (Fsp3) is 0.571. The largest absolute Gasteiger partial charge is 0.317 e. The van der Waals surface area contributed by atoms with Gasteiger partial charge in [-0.1, -0.05) is 30.3 Å². The zero-order valence-electron chi connectivity index (χ0n) is 10.3. The van der Waals surface area contributed by atoms with E-state index in [-0.39, 0.29) is 0 Å². The minimum atomic E-state index is 0.640. The Morgan fingerprint density at radius 2 is 2.12 bits per heavy atom. The summed E-state index contributed by atoms with van der Waals surface area (Å²) in [6, 6.07) is 11.4. The highest BCUT2D eigenvalue weighted by Gasteiger charge is 2.25. The molecule has 0 radical (unpaired) electrons. The van der Waals surface area contributed by atoms with Gasteiger partial charge in [0.2, 0.25) is 0 Å². The first-order valence-corrected chi connectivity index (χ1v) is 6.23. The second kappa shape index (κ2) is 5.46. The normalized spacial score (nSPS) is 23.5. The third kappa shape index (κ3) is 2.83. The number of rotatable bonds is 4. The van der Waals surface area contributed by atoms with Crippen molar-refractivity contribution in [1.29, 1.82) is 0 Å². The fourth-order valence-corrected chi connectivity index (χ4v) is 2.49. The Labute approximate surface area is 98.7 Å². The van der Waals surface area contributed by atoms with Gasteiger partial charge in [-0.25, -0.2) is 0 Å². The molecule has 0 bridgehead atoms. The molecule has 2 rings (SSSR count). The zero-order chi connectivity index (χ0) is 11.4. The highest BCUT2D eigenvalue weighted by Crippen LogP contribution is 2.21. The molecule has 0 saturated carbocycles. The summed E-state index contributed by atoms with van der Waals surface area (Å²) in [7, 11) is 2.06. The maximum Gasteiger partial charge on any atom is 0.0233 e. The molecule has 88 valence electrons. The standard InChI is InChI=1S/C14H22N2/c1-12(15-2)14-8-9-16(11-14)10-13-6-4-3-5-7-13/h3-7,12,14-15H,8-11H2,1-2H3/t12-,14+/m0/s1. The molecule has 0 amide bonds. The van der Waals surface area contributed by atoms with E-state index in [4.69, 9.17) is 0 Å². The molecule has 2 atom stereocenters. The Hall–Kier alpha value is -0.860. The molecule has 2 nitrogen and oxygen atoms in total. The Kier molecular flexibility index (Phi) is 3.97. The van der Waals surface area contributed by atoms with Crippen molar-refractivity contribution < 1.29 is 0 Å². The molecule has 16 heavy (non-hydrogen) atoms. The van der Waals surface area contributed by atoms with Crippen LogP contribution in [0.5, 0.6) is 0 Å². The van der Waals surface area contributed by atoms with Gasteiger partial charge in [0.15, 0.2) is 0 Å². The second-order valence-electron chi connectivity index (χ2n) is 4.85. The van der Waals surface area contributed by atoms with Crippen LogP contribution in [0, 0.1) is 5.92 Å². The first kappa shape index (κ1) is 11.6. The Morgan fingerprint density at radius 1 is 1.38 bits per heavy atom.